The van der Waals surface area contributed by atoms with Crippen molar-refractivity contribution in [1.29, 1.82) is 0 Å². The van der Waals surface area contributed by atoms with Gasteiger partial charge in [0.2, 0.25) is 0 Å². The number of rotatable bonds is 9. The number of amides is 1. The number of hydrogen-bond donors (Lipinski definition) is 1. The average Bonchev–Trinajstić information content (AvgIpc) is 3.61. The van der Waals surface area contributed by atoms with E-state index >= 15 is 0 Å². The molecule has 5 rings (SSSR count). The van der Waals surface area contributed by atoms with Gasteiger partial charge in [-0.25, -0.2) is 4.99 Å². The Bertz CT molecular complexity index is 1470. The minimum atomic E-state index is -0.113. The number of fused-ring (bicyclic) bond motifs is 1. The first kappa shape index (κ1) is 27.7. The molecule has 0 bridgehead atoms. The van der Waals surface area contributed by atoms with E-state index in [1.165, 1.54) is 4.88 Å². The first-order chi connectivity index (χ1) is 19.3. The van der Waals surface area contributed by atoms with E-state index in [9.17, 15) is 4.79 Å². The molecule has 0 unspecified atom stereocenters. The summed E-state index contributed by atoms with van der Waals surface area (Å²) in [5, 5.41) is 3.77. The van der Waals surface area contributed by atoms with E-state index in [1.807, 2.05) is 60.7 Å². The van der Waals surface area contributed by atoms with Gasteiger partial charge in [-0.2, -0.15) is 0 Å². The second-order valence-corrected chi connectivity index (χ2v) is 12.3. The summed E-state index contributed by atoms with van der Waals surface area (Å²) in [7, 11) is 1.63. The van der Waals surface area contributed by atoms with Crippen molar-refractivity contribution < 1.29 is 18.7 Å². The van der Waals surface area contributed by atoms with Gasteiger partial charge in [0.25, 0.3) is 5.91 Å². The summed E-state index contributed by atoms with van der Waals surface area (Å²) in [6, 6.07) is 19.5. The minimum Gasteiger partial charge on any atom is -0.493 e. The van der Waals surface area contributed by atoms with Gasteiger partial charge < -0.3 is 19.2 Å². The van der Waals surface area contributed by atoms with Gasteiger partial charge in [-0.15, -0.1) is 11.3 Å². The number of carbonyl (C=O) groups excluding carboxylic acids is 1. The van der Waals surface area contributed by atoms with Crippen molar-refractivity contribution in [3.05, 3.63) is 99.8 Å². The van der Waals surface area contributed by atoms with Gasteiger partial charge in [-0.3, -0.25) is 4.79 Å². The van der Waals surface area contributed by atoms with Crippen molar-refractivity contribution in [2.45, 2.75) is 53.2 Å². The number of furan rings is 1. The first-order valence-corrected chi connectivity index (χ1v) is 14.5. The number of carbonyl (C=O) groups is 1. The minimum absolute atomic E-state index is 0.113. The Morgan fingerprint density at radius 2 is 1.95 bits per heavy atom. The van der Waals surface area contributed by atoms with Crippen LogP contribution in [0.3, 0.4) is 0 Å². The molecular formula is C33H36N2O4S. The highest BCUT2D eigenvalue weighted by atomic mass is 32.1. The summed E-state index contributed by atoms with van der Waals surface area (Å²) >= 11 is 1.63. The van der Waals surface area contributed by atoms with Crippen LogP contribution in [0.5, 0.6) is 11.5 Å². The number of thiophene rings is 1. The summed E-state index contributed by atoms with van der Waals surface area (Å²) in [5.74, 6) is 2.48. The van der Waals surface area contributed by atoms with Crippen molar-refractivity contribution in [1.82, 2.24) is 5.32 Å². The lowest BCUT2D eigenvalue weighted by Gasteiger charge is -2.33. The molecule has 6 nitrogen and oxygen atoms in total. The van der Waals surface area contributed by atoms with Gasteiger partial charge in [0.1, 0.15) is 17.4 Å². The standard InChI is InChI=1S/C33H36N2O4S/c1-33(2,3)24-13-14-26-29(18-24)40-32(30(26)31(36)34-20-25-11-8-16-38-25)35-19-23-12-15-27(28(17-23)37-4)39-21-22-9-6-5-7-10-22/h5-12,15-17,19,24H,13-14,18,20-21H2,1-4H3,(H,34,36)/t24-/m0/s1. The van der Waals surface area contributed by atoms with Crippen LogP contribution in [-0.4, -0.2) is 19.2 Å². The molecule has 2 aromatic heterocycles. The molecule has 0 radical (unpaired) electrons. The van der Waals surface area contributed by atoms with Crippen LogP contribution in [0.2, 0.25) is 0 Å². The zero-order valence-electron chi connectivity index (χ0n) is 23.5. The fourth-order valence-corrected chi connectivity index (χ4v) is 6.33. The van der Waals surface area contributed by atoms with E-state index in [1.54, 1.807) is 30.9 Å². The number of aliphatic imine (C=N–C) groups is 1. The molecule has 0 saturated heterocycles. The Hall–Kier alpha value is -3.84. The van der Waals surface area contributed by atoms with Crippen LogP contribution in [0.4, 0.5) is 5.00 Å². The summed E-state index contributed by atoms with van der Waals surface area (Å²) in [5.41, 5.74) is 3.99. The lowest BCUT2D eigenvalue weighted by molar-refractivity contribution is 0.0947. The third-order valence-electron chi connectivity index (χ3n) is 7.46. The Labute approximate surface area is 240 Å². The number of nitrogens with one attached hydrogen (secondary N) is 1. The molecule has 2 heterocycles. The topological polar surface area (TPSA) is 73.1 Å². The number of benzene rings is 2. The van der Waals surface area contributed by atoms with Crippen molar-refractivity contribution in [3.63, 3.8) is 0 Å². The Morgan fingerprint density at radius 1 is 1.12 bits per heavy atom. The second-order valence-electron chi connectivity index (χ2n) is 11.2. The van der Waals surface area contributed by atoms with Crippen LogP contribution in [0.25, 0.3) is 0 Å². The summed E-state index contributed by atoms with van der Waals surface area (Å²) in [4.78, 5) is 19.6. The highest BCUT2D eigenvalue weighted by molar-refractivity contribution is 7.16. The van der Waals surface area contributed by atoms with E-state index < -0.39 is 0 Å². The molecule has 0 fully saturated rings. The Morgan fingerprint density at radius 3 is 2.67 bits per heavy atom. The molecule has 7 heteroatoms. The fraction of sp³-hybridized carbons (Fsp3) is 0.333. The maximum Gasteiger partial charge on any atom is 0.255 e. The summed E-state index contributed by atoms with van der Waals surface area (Å²) < 4.78 is 17.0. The molecule has 40 heavy (non-hydrogen) atoms. The maximum absolute atomic E-state index is 13.5. The molecule has 2 aromatic carbocycles. The molecule has 1 N–H and O–H groups in total. The first-order valence-electron chi connectivity index (χ1n) is 13.7. The van der Waals surface area contributed by atoms with Crippen LogP contribution in [-0.2, 0) is 26.0 Å². The molecular weight excluding hydrogens is 520 g/mol. The van der Waals surface area contributed by atoms with Gasteiger partial charge in [0, 0.05) is 11.1 Å². The fourth-order valence-electron chi connectivity index (χ4n) is 5.06. The number of ether oxygens (including phenoxy) is 2. The summed E-state index contributed by atoms with van der Waals surface area (Å²) in [6.45, 7) is 7.69. The van der Waals surface area contributed by atoms with Crippen molar-refractivity contribution in [2.75, 3.05) is 7.11 Å². The van der Waals surface area contributed by atoms with Gasteiger partial charge >= 0.3 is 0 Å². The lowest BCUT2D eigenvalue weighted by Crippen LogP contribution is -2.28. The van der Waals surface area contributed by atoms with Gasteiger partial charge in [-0.05, 0) is 77.6 Å². The SMILES string of the molecule is COc1cc(C=Nc2sc3c(c2C(=O)NCc2ccco2)CC[C@H](C(C)(C)C)C3)ccc1OCc1ccccc1. The molecule has 1 atom stereocenters. The Balaban J connectivity index is 1.39. The number of hydrogen-bond acceptors (Lipinski definition) is 6. The van der Waals surface area contributed by atoms with Crippen molar-refractivity contribution in [2.24, 2.45) is 16.3 Å². The van der Waals surface area contributed by atoms with Crippen molar-refractivity contribution in [3.8, 4) is 11.5 Å². The third-order valence-corrected chi connectivity index (χ3v) is 8.62. The van der Waals surface area contributed by atoms with E-state index in [4.69, 9.17) is 18.9 Å². The zero-order chi connectivity index (χ0) is 28.1. The second kappa shape index (κ2) is 12.1. The molecule has 4 aromatic rings. The molecule has 0 saturated carbocycles. The number of nitrogens with zero attached hydrogens (tertiary/aromatic N) is 1. The molecule has 0 spiro atoms. The number of methoxy groups -OCH3 is 1. The molecule has 0 aliphatic heterocycles. The van der Waals surface area contributed by atoms with Crippen LogP contribution in [0, 0.1) is 11.3 Å². The van der Waals surface area contributed by atoms with Crippen LogP contribution >= 0.6 is 11.3 Å². The predicted molar refractivity (Wildman–Crippen MR) is 160 cm³/mol. The predicted octanol–water partition coefficient (Wildman–Crippen LogP) is 7.76. The smallest absolute Gasteiger partial charge is 0.255 e. The largest absolute Gasteiger partial charge is 0.493 e. The average molecular weight is 557 g/mol. The van der Waals surface area contributed by atoms with Gasteiger partial charge in [-0.1, -0.05) is 51.1 Å². The highest BCUT2D eigenvalue weighted by Gasteiger charge is 2.33. The monoisotopic (exact) mass is 556 g/mol. The molecule has 1 aliphatic carbocycles. The quantitative estimate of drug-likeness (QED) is 0.214. The highest BCUT2D eigenvalue weighted by Crippen LogP contribution is 2.45. The van der Waals surface area contributed by atoms with Crippen LogP contribution in [0.1, 0.15) is 64.9 Å². The van der Waals surface area contributed by atoms with E-state index in [-0.39, 0.29) is 11.3 Å². The zero-order valence-corrected chi connectivity index (χ0v) is 24.3. The molecule has 208 valence electrons. The summed E-state index contributed by atoms with van der Waals surface area (Å²) in [6.07, 6.45) is 6.33. The lowest BCUT2D eigenvalue weighted by atomic mass is 9.72. The Kier molecular flexibility index (Phi) is 8.40. The normalized spacial score (nSPS) is 15.2. The molecule has 1 aliphatic rings. The van der Waals surface area contributed by atoms with E-state index in [0.717, 1.165) is 46.7 Å². The third kappa shape index (κ3) is 6.48. The maximum atomic E-state index is 13.5. The van der Waals surface area contributed by atoms with E-state index in [0.29, 0.717) is 36.1 Å². The van der Waals surface area contributed by atoms with Crippen molar-refractivity contribution >= 4 is 28.5 Å². The van der Waals surface area contributed by atoms with Gasteiger partial charge in [0.05, 0.1) is 25.5 Å². The van der Waals surface area contributed by atoms with Crippen LogP contribution in [0.15, 0.2) is 76.3 Å². The van der Waals surface area contributed by atoms with Gasteiger partial charge in [0.15, 0.2) is 11.5 Å². The van der Waals surface area contributed by atoms with Crippen LogP contribution < -0.4 is 14.8 Å². The van der Waals surface area contributed by atoms with E-state index in [2.05, 4.69) is 26.1 Å². The molecule has 1 amide bonds.